The van der Waals surface area contributed by atoms with Gasteiger partial charge >= 0.3 is 0 Å². The summed E-state index contributed by atoms with van der Waals surface area (Å²) in [6, 6.07) is 13.6. The average Bonchev–Trinajstić information content (AvgIpc) is 3.28. The summed E-state index contributed by atoms with van der Waals surface area (Å²) in [6.45, 7) is 0.772. The van der Waals surface area contributed by atoms with Crippen LogP contribution in [-0.4, -0.2) is 34.6 Å². The highest BCUT2D eigenvalue weighted by Gasteiger charge is 2.30. The normalized spacial score (nSPS) is 17.2. The van der Waals surface area contributed by atoms with Crippen molar-refractivity contribution in [3.05, 3.63) is 58.6 Å². The molecule has 2 N–H and O–H groups in total. The second-order valence-corrected chi connectivity index (χ2v) is 6.73. The summed E-state index contributed by atoms with van der Waals surface area (Å²) in [5.41, 5.74) is 2.73. The number of carbonyl (C=O) groups excluding carboxylic acids is 1. The number of halogens is 1. The summed E-state index contributed by atoms with van der Waals surface area (Å²) in [5, 5.41) is 11.9. The zero-order chi connectivity index (χ0) is 17.4. The average molecular weight is 355 g/mol. The van der Waals surface area contributed by atoms with Crippen molar-refractivity contribution in [1.29, 1.82) is 0 Å². The molecule has 25 heavy (non-hydrogen) atoms. The van der Waals surface area contributed by atoms with Crippen molar-refractivity contribution in [3.63, 3.8) is 0 Å². The minimum Gasteiger partial charge on any atom is -0.371 e. The SMILES string of the molecule is CNc1n[nH]c2ccc(C(=O)N3CCCC3c3ccc(Cl)cc3)cc12. The van der Waals surface area contributed by atoms with Gasteiger partial charge in [0.1, 0.15) is 0 Å². The minimum atomic E-state index is 0.0580. The molecule has 1 unspecified atom stereocenters. The Labute approximate surface area is 151 Å². The number of nitrogens with zero attached hydrogens (tertiary/aromatic N) is 2. The molecule has 1 aliphatic heterocycles. The van der Waals surface area contributed by atoms with Crippen LogP contribution in [-0.2, 0) is 0 Å². The van der Waals surface area contributed by atoms with Gasteiger partial charge in [0.05, 0.1) is 11.6 Å². The second kappa shape index (κ2) is 6.41. The van der Waals surface area contributed by atoms with E-state index in [2.05, 4.69) is 15.5 Å². The number of nitrogens with one attached hydrogen (secondary N) is 2. The van der Waals surface area contributed by atoms with Crippen LogP contribution in [0.2, 0.25) is 5.02 Å². The van der Waals surface area contributed by atoms with Crippen molar-refractivity contribution < 1.29 is 4.79 Å². The molecule has 2 aromatic carbocycles. The summed E-state index contributed by atoms with van der Waals surface area (Å²) in [4.78, 5) is 15.1. The second-order valence-electron chi connectivity index (χ2n) is 6.29. The van der Waals surface area contributed by atoms with Crippen molar-refractivity contribution >= 4 is 34.2 Å². The Balaban J connectivity index is 1.66. The molecular formula is C19H19ClN4O. The molecular weight excluding hydrogens is 336 g/mol. The minimum absolute atomic E-state index is 0.0580. The number of fused-ring (bicyclic) bond motifs is 1. The number of carbonyl (C=O) groups is 1. The Kier molecular flexibility index (Phi) is 4.09. The first-order valence-corrected chi connectivity index (χ1v) is 8.77. The van der Waals surface area contributed by atoms with E-state index in [1.54, 1.807) is 0 Å². The Bertz CT molecular complexity index is 919. The molecule has 1 atom stereocenters. The third-order valence-corrected chi connectivity index (χ3v) is 5.07. The van der Waals surface area contributed by atoms with E-state index in [9.17, 15) is 4.79 Å². The molecule has 1 amide bonds. The van der Waals surface area contributed by atoms with Crippen LogP contribution < -0.4 is 5.32 Å². The number of hydrogen-bond donors (Lipinski definition) is 2. The lowest BCUT2D eigenvalue weighted by Gasteiger charge is -2.25. The fourth-order valence-corrected chi connectivity index (χ4v) is 3.67. The van der Waals surface area contributed by atoms with Crippen LogP contribution in [0.1, 0.15) is 34.8 Å². The molecule has 0 saturated carbocycles. The molecule has 3 aromatic rings. The molecule has 2 heterocycles. The van der Waals surface area contributed by atoms with Crippen LogP contribution in [0.3, 0.4) is 0 Å². The Hall–Kier alpha value is -2.53. The van der Waals surface area contributed by atoms with E-state index in [1.165, 1.54) is 0 Å². The summed E-state index contributed by atoms with van der Waals surface area (Å²) in [7, 11) is 1.82. The predicted molar refractivity (Wildman–Crippen MR) is 100 cm³/mol. The fourth-order valence-electron chi connectivity index (χ4n) is 3.54. The fraction of sp³-hybridized carbons (Fsp3) is 0.263. The summed E-state index contributed by atoms with van der Waals surface area (Å²) >= 11 is 5.99. The first-order chi connectivity index (χ1) is 12.2. The monoisotopic (exact) mass is 354 g/mol. The lowest BCUT2D eigenvalue weighted by molar-refractivity contribution is 0.0736. The van der Waals surface area contributed by atoms with Crippen LogP contribution >= 0.6 is 11.6 Å². The van der Waals surface area contributed by atoms with Gasteiger partial charge in [0.25, 0.3) is 5.91 Å². The van der Waals surface area contributed by atoms with E-state index in [0.717, 1.165) is 41.7 Å². The molecule has 6 heteroatoms. The standard InChI is InChI=1S/C19H19ClN4O/c1-21-18-15-11-13(6-9-16(15)22-23-18)19(25)24-10-2-3-17(24)12-4-7-14(20)8-5-12/h4-9,11,17H,2-3,10H2,1H3,(H2,21,22,23). The van der Waals surface area contributed by atoms with E-state index in [0.29, 0.717) is 10.6 Å². The maximum Gasteiger partial charge on any atom is 0.254 e. The molecule has 5 nitrogen and oxygen atoms in total. The third-order valence-electron chi connectivity index (χ3n) is 4.82. The zero-order valence-corrected chi connectivity index (χ0v) is 14.7. The number of H-pyrrole nitrogens is 1. The van der Waals surface area contributed by atoms with E-state index in [-0.39, 0.29) is 11.9 Å². The molecule has 128 valence electrons. The lowest BCUT2D eigenvalue weighted by atomic mass is 10.0. The molecule has 4 rings (SSSR count). The van der Waals surface area contributed by atoms with Crippen molar-refractivity contribution in [2.45, 2.75) is 18.9 Å². The lowest BCUT2D eigenvalue weighted by Crippen LogP contribution is -2.30. The molecule has 0 aliphatic carbocycles. The van der Waals surface area contributed by atoms with Gasteiger partial charge in [-0.2, -0.15) is 5.10 Å². The Morgan fingerprint density at radius 2 is 2.08 bits per heavy atom. The first kappa shape index (κ1) is 16.0. The highest BCUT2D eigenvalue weighted by Crippen LogP contribution is 2.34. The number of rotatable bonds is 3. The zero-order valence-electron chi connectivity index (χ0n) is 13.9. The van der Waals surface area contributed by atoms with Gasteiger partial charge in [-0.05, 0) is 48.7 Å². The molecule has 0 radical (unpaired) electrons. The maximum atomic E-state index is 13.1. The topological polar surface area (TPSA) is 61.0 Å². The summed E-state index contributed by atoms with van der Waals surface area (Å²) < 4.78 is 0. The molecule has 1 saturated heterocycles. The van der Waals surface area contributed by atoms with E-state index < -0.39 is 0 Å². The van der Waals surface area contributed by atoms with Gasteiger partial charge in [-0.3, -0.25) is 9.89 Å². The van der Waals surface area contributed by atoms with Crippen molar-refractivity contribution in [3.8, 4) is 0 Å². The van der Waals surface area contributed by atoms with Crippen molar-refractivity contribution in [1.82, 2.24) is 15.1 Å². The predicted octanol–water partition coefficient (Wildman–Crippen LogP) is 4.24. The summed E-state index contributed by atoms with van der Waals surface area (Å²) in [6.07, 6.45) is 1.98. The number of amides is 1. The number of aromatic nitrogens is 2. The molecule has 1 aromatic heterocycles. The molecule has 0 spiro atoms. The molecule has 0 bridgehead atoms. The number of benzene rings is 2. The molecule has 1 aliphatic rings. The summed E-state index contributed by atoms with van der Waals surface area (Å²) in [5.74, 6) is 0.808. The third kappa shape index (κ3) is 2.85. The van der Waals surface area contributed by atoms with Gasteiger partial charge in [-0.1, -0.05) is 23.7 Å². The number of hydrogen-bond acceptors (Lipinski definition) is 3. The van der Waals surface area contributed by atoms with E-state index in [4.69, 9.17) is 11.6 Å². The van der Waals surface area contributed by atoms with Gasteiger partial charge in [-0.25, -0.2) is 0 Å². The van der Waals surface area contributed by atoms with Crippen LogP contribution in [0, 0.1) is 0 Å². The number of likely N-dealkylation sites (tertiary alicyclic amines) is 1. The van der Waals surface area contributed by atoms with Crippen LogP contribution in [0.4, 0.5) is 5.82 Å². The molecule has 1 fully saturated rings. The van der Waals surface area contributed by atoms with E-state index >= 15 is 0 Å². The van der Waals surface area contributed by atoms with E-state index in [1.807, 2.05) is 54.4 Å². The van der Waals surface area contributed by atoms with Crippen molar-refractivity contribution in [2.75, 3.05) is 18.9 Å². The highest BCUT2D eigenvalue weighted by atomic mass is 35.5. The number of aromatic amines is 1. The quantitative estimate of drug-likeness (QED) is 0.739. The van der Waals surface area contributed by atoms with Crippen LogP contribution in [0.25, 0.3) is 10.9 Å². The Morgan fingerprint density at radius 3 is 2.84 bits per heavy atom. The van der Waals surface area contributed by atoms with Gasteiger partial charge < -0.3 is 10.2 Å². The van der Waals surface area contributed by atoms with Gasteiger partial charge in [0, 0.05) is 29.6 Å². The van der Waals surface area contributed by atoms with Gasteiger partial charge in [0.2, 0.25) is 0 Å². The highest BCUT2D eigenvalue weighted by molar-refractivity contribution is 6.30. The van der Waals surface area contributed by atoms with Gasteiger partial charge in [0.15, 0.2) is 5.82 Å². The van der Waals surface area contributed by atoms with Crippen LogP contribution in [0.5, 0.6) is 0 Å². The first-order valence-electron chi connectivity index (χ1n) is 8.39. The Morgan fingerprint density at radius 1 is 1.28 bits per heavy atom. The van der Waals surface area contributed by atoms with Crippen LogP contribution in [0.15, 0.2) is 42.5 Å². The largest absolute Gasteiger partial charge is 0.371 e. The number of anilines is 1. The van der Waals surface area contributed by atoms with Gasteiger partial charge in [-0.15, -0.1) is 0 Å². The van der Waals surface area contributed by atoms with Crippen molar-refractivity contribution in [2.24, 2.45) is 0 Å². The maximum absolute atomic E-state index is 13.1. The smallest absolute Gasteiger partial charge is 0.254 e.